The predicted octanol–water partition coefficient (Wildman–Crippen LogP) is 4.50. The molecule has 0 heterocycles. The van der Waals surface area contributed by atoms with Crippen molar-refractivity contribution in [3.8, 4) is 0 Å². The lowest BCUT2D eigenvalue weighted by molar-refractivity contribution is -0.137. The third-order valence-corrected chi connectivity index (χ3v) is 3.18. The van der Waals surface area contributed by atoms with Crippen molar-refractivity contribution < 1.29 is 23.1 Å². The molecule has 0 aromatic heterocycles. The topological polar surface area (TPSA) is 61.7 Å². The van der Waals surface area contributed by atoms with Gasteiger partial charge in [-0.05, 0) is 35.9 Å². The van der Waals surface area contributed by atoms with E-state index in [4.69, 9.17) is 16.7 Å². The van der Waals surface area contributed by atoms with Crippen molar-refractivity contribution in [1.29, 1.82) is 0 Å². The molecule has 2 aromatic rings. The molecule has 0 unspecified atom stereocenters. The summed E-state index contributed by atoms with van der Waals surface area (Å²) in [7, 11) is 0. The molecule has 4 nitrogen and oxygen atoms in total. The second kappa shape index (κ2) is 6.70. The van der Waals surface area contributed by atoms with Crippen molar-refractivity contribution in [2.24, 2.45) is 5.10 Å². The van der Waals surface area contributed by atoms with Crippen LogP contribution in [0, 0.1) is 0 Å². The average molecular weight is 343 g/mol. The molecule has 2 rings (SSSR count). The second-order valence-corrected chi connectivity index (χ2v) is 4.90. The molecule has 2 aromatic carbocycles. The SMILES string of the molecule is O=C(O)c1ccc(/C=N/Nc2cc(C(F)(F)F)ccc2Cl)cc1. The number of carbonyl (C=O) groups is 1. The molecule has 0 aliphatic carbocycles. The molecule has 0 atom stereocenters. The van der Waals surface area contributed by atoms with Crippen LogP contribution >= 0.6 is 11.6 Å². The Hall–Kier alpha value is -2.54. The zero-order chi connectivity index (χ0) is 17.0. The minimum Gasteiger partial charge on any atom is -0.478 e. The minimum absolute atomic E-state index is 0.0138. The molecule has 0 radical (unpaired) electrons. The number of carboxylic acid groups (broad SMARTS) is 1. The van der Waals surface area contributed by atoms with Gasteiger partial charge in [0.15, 0.2) is 0 Å². The first-order chi connectivity index (χ1) is 10.8. The van der Waals surface area contributed by atoms with Crippen LogP contribution in [0.2, 0.25) is 5.02 Å². The molecule has 0 bridgehead atoms. The number of halogens is 4. The normalized spacial score (nSPS) is 11.7. The van der Waals surface area contributed by atoms with Crippen LogP contribution in [-0.4, -0.2) is 17.3 Å². The zero-order valence-electron chi connectivity index (χ0n) is 11.4. The van der Waals surface area contributed by atoms with Crippen LogP contribution in [0.1, 0.15) is 21.5 Å². The van der Waals surface area contributed by atoms with E-state index in [0.29, 0.717) is 5.56 Å². The highest BCUT2D eigenvalue weighted by atomic mass is 35.5. The number of anilines is 1. The summed E-state index contributed by atoms with van der Waals surface area (Å²) in [5.41, 5.74) is 2.30. The van der Waals surface area contributed by atoms with E-state index in [1.165, 1.54) is 30.5 Å². The average Bonchev–Trinajstić information content (AvgIpc) is 2.48. The molecule has 0 spiro atoms. The monoisotopic (exact) mass is 342 g/mol. The molecule has 0 fully saturated rings. The first kappa shape index (κ1) is 16.8. The minimum atomic E-state index is -4.47. The number of nitrogens with zero attached hydrogens (tertiary/aromatic N) is 1. The van der Waals surface area contributed by atoms with Gasteiger partial charge in [-0.1, -0.05) is 23.7 Å². The molecule has 0 saturated carbocycles. The maximum Gasteiger partial charge on any atom is 0.416 e. The maximum absolute atomic E-state index is 12.6. The van der Waals surface area contributed by atoms with Crippen molar-refractivity contribution in [2.75, 3.05) is 5.43 Å². The van der Waals surface area contributed by atoms with Gasteiger partial charge in [0.05, 0.1) is 28.1 Å². The number of aromatic carboxylic acids is 1. The summed E-state index contributed by atoms with van der Waals surface area (Å²) in [6, 6.07) is 8.67. The van der Waals surface area contributed by atoms with Crippen LogP contribution in [0.3, 0.4) is 0 Å². The molecule has 120 valence electrons. The van der Waals surface area contributed by atoms with Crippen LogP contribution in [0.4, 0.5) is 18.9 Å². The largest absolute Gasteiger partial charge is 0.478 e. The number of hydrogen-bond donors (Lipinski definition) is 2. The molecule has 0 aliphatic heterocycles. The van der Waals surface area contributed by atoms with Crippen LogP contribution in [0.15, 0.2) is 47.6 Å². The van der Waals surface area contributed by atoms with Gasteiger partial charge in [0.1, 0.15) is 0 Å². The summed E-state index contributed by atoms with van der Waals surface area (Å²) < 4.78 is 37.9. The van der Waals surface area contributed by atoms with Gasteiger partial charge in [-0.2, -0.15) is 18.3 Å². The maximum atomic E-state index is 12.6. The van der Waals surface area contributed by atoms with Crippen molar-refractivity contribution in [1.82, 2.24) is 0 Å². The van der Waals surface area contributed by atoms with E-state index in [2.05, 4.69) is 10.5 Å². The fraction of sp³-hybridized carbons (Fsp3) is 0.0667. The molecule has 23 heavy (non-hydrogen) atoms. The number of hydrogen-bond acceptors (Lipinski definition) is 3. The molecular formula is C15H10ClF3N2O2. The Labute approximate surface area is 134 Å². The molecular weight excluding hydrogens is 333 g/mol. The first-order valence-corrected chi connectivity index (χ1v) is 6.64. The van der Waals surface area contributed by atoms with Gasteiger partial charge in [0.2, 0.25) is 0 Å². The van der Waals surface area contributed by atoms with Crippen molar-refractivity contribution in [3.63, 3.8) is 0 Å². The standard InChI is InChI=1S/C15H10ClF3N2O2/c16-12-6-5-11(15(17,18)19)7-13(12)21-20-8-9-1-3-10(4-2-9)14(22)23/h1-8,21H,(H,22,23)/b20-8+. The van der Waals surface area contributed by atoms with E-state index >= 15 is 0 Å². The Morgan fingerprint density at radius 3 is 2.39 bits per heavy atom. The van der Waals surface area contributed by atoms with Crippen LogP contribution in [0.25, 0.3) is 0 Å². The third-order valence-electron chi connectivity index (χ3n) is 2.85. The molecule has 2 N–H and O–H groups in total. The zero-order valence-corrected chi connectivity index (χ0v) is 12.2. The second-order valence-electron chi connectivity index (χ2n) is 4.49. The van der Waals surface area contributed by atoms with Gasteiger partial charge in [0, 0.05) is 0 Å². The van der Waals surface area contributed by atoms with E-state index in [9.17, 15) is 18.0 Å². The van der Waals surface area contributed by atoms with E-state index in [0.717, 1.165) is 18.2 Å². The Kier molecular flexibility index (Phi) is 4.90. The van der Waals surface area contributed by atoms with Gasteiger partial charge >= 0.3 is 12.1 Å². The summed E-state index contributed by atoms with van der Waals surface area (Å²) in [4.78, 5) is 10.7. The highest BCUT2D eigenvalue weighted by molar-refractivity contribution is 6.33. The van der Waals surface area contributed by atoms with Gasteiger partial charge in [-0.3, -0.25) is 5.43 Å². The van der Waals surface area contributed by atoms with Gasteiger partial charge < -0.3 is 5.11 Å². The molecule has 0 amide bonds. The van der Waals surface area contributed by atoms with E-state index in [1.54, 1.807) is 0 Å². The van der Waals surface area contributed by atoms with Crippen molar-refractivity contribution in [3.05, 3.63) is 64.2 Å². The Balaban J connectivity index is 2.12. The van der Waals surface area contributed by atoms with Gasteiger partial charge in [-0.15, -0.1) is 0 Å². The number of nitrogens with one attached hydrogen (secondary N) is 1. The smallest absolute Gasteiger partial charge is 0.416 e. The number of alkyl halides is 3. The van der Waals surface area contributed by atoms with Crippen molar-refractivity contribution >= 4 is 29.5 Å². The van der Waals surface area contributed by atoms with Gasteiger partial charge in [0.25, 0.3) is 0 Å². The molecule has 8 heteroatoms. The lowest BCUT2D eigenvalue weighted by Gasteiger charge is -2.09. The number of benzene rings is 2. The number of carboxylic acids is 1. The fourth-order valence-corrected chi connectivity index (χ4v) is 1.84. The number of rotatable bonds is 4. The van der Waals surface area contributed by atoms with E-state index in [1.807, 2.05) is 0 Å². The fourth-order valence-electron chi connectivity index (χ4n) is 1.68. The van der Waals surface area contributed by atoms with E-state index in [-0.39, 0.29) is 16.3 Å². The summed E-state index contributed by atoms with van der Waals surface area (Å²) in [6.45, 7) is 0. The summed E-state index contributed by atoms with van der Waals surface area (Å²) >= 11 is 5.81. The van der Waals surface area contributed by atoms with Crippen molar-refractivity contribution in [2.45, 2.75) is 6.18 Å². The Bertz CT molecular complexity index is 743. The highest BCUT2D eigenvalue weighted by Crippen LogP contribution is 2.33. The lowest BCUT2D eigenvalue weighted by Crippen LogP contribution is -2.05. The summed E-state index contributed by atoms with van der Waals surface area (Å²) in [6.07, 6.45) is -3.14. The third kappa shape index (κ3) is 4.46. The Morgan fingerprint density at radius 2 is 1.83 bits per heavy atom. The molecule has 0 saturated heterocycles. The Morgan fingerprint density at radius 1 is 1.17 bits per heavy atom. The lowest BCUT2D eigenvalue weighted by atomic mass is 10.1. The predicted molar refractivity (Wildman–Crippen MR) is 81.1 cm³/mol. The van der Waals surface area contributed by atoms with E-state index < -0.39 is 17.7 Å². The summed E-state index contributed by atoms with van der Waals surface area (Å²) in [5.74, 6) is -1.05. The van der Waals surface area contributed by atoms with Crippen LogP contribution < -0.4 is 5.43 Å². The highest BCUT2D eigenvalue weighted by Gasteiger charge is 2.30. The number of hydrazone groups is 1. The first-order valence-electron chi connectivity index (χ1n) is 6.26. The summed E-state index contributed by atoms with van der Waals surface area (Å²) in [5, 5.41) is 12.7. The van der Waals surface area contributed by atoms with Crippen LogP contribution in [-0.2, 0) is 6.18 Å². The van der Waals surface area contributed by atoms with Crippen LogP contribution in [0.5, 0.6) is 0 Å². The van der Waals surface area contributed by atoms with Gasteiger partial charge in [-0.25, -0.2) is 4.79 Å². The molecule has 0 aliphatic rings. The quantitative estimate of drug-likeness (QED) is 0.635.